The lowest BCUT2D eigenvalue weighted by Gasteiger charge is -2.34. The minimum absolute atomic E-state index is 0.132. The highest BCUT2D eigenvalue weighted by Gasteiger charge is 2.25. The molecule has 0 saturated carbocycles. The smallest absolute Gasteiger partial charge is 0.233 e. The van der Waals surface area contributed by atoms with Crippen LogP contribution in [0.4, 0.5) is 0 Å². The standard InChI is InChI=1S/C23H30N4O2S/c1-6-16(3)26(17(4)7-2)21(28)15-30-23-25-24-22(20-13-14-29-18(20)5)27(23)19-11-9-8-10-12-19/h8-14,16-17H,6-7,15H2,1-5H3/t16-,17-/m0/s1. The quantitative estimate of drug-likeness (QED) is 0.431. The third-order valence-electron chi connectivity index (χ3n) is 5.49. The number of amides is 1. The number of rotatable bonds is 9. The molecule has 2 aromatic heterocycles. The summed E-state index contributed by atoms with van der Waals surface area (Å²) in [5, 5.41) is 9.54. The van der Waals surface area contributed by atoms with Crippen molar-refractivity contribution in [2.24, 2.45) is 0 Å². The molecule has 0 aliphatic heterocycles. The van der Waals surface area contributed by atoms with Gasteiger partial charge < -0.3 is 9.32 Å². The molecule has 0 bridgehead atoms. The van der Waals surface area contributed by atoms with Crippen LogP contribution in [0.3, 0.4) is 0 Å². The summed E-state index contributed by atoms with van der Waals surface area (Å²) in [6.45, 7) is 10.4. The molecule has 3 rings (SSSR count). The highest BCUT2D eigenvalue weighted by atomic mass is 32.2. The van der Waals surface area contributed by atoms with E-state index in [4.69, 9.17) is 4.42 Å². The van der Waals surface area contributed by atoms with Gasteiger partial charge in [-0.25, -0.2) is 0 Å². The zero-order chi connectivity index (χ0) is 21.7. The van der Waals surface area contributed by atoms with Crippen LogP contribution in [-0.2, 0) is 4.79 Å². The van der Waals surface area contributed by atoms with Crippen LogP contribution in [0.15, 0.2) is 52.2 Å². The summed E-state index contributed by atoms with van der Waals surface area (Å²) >= 11 is 1.43. The van der Waals surface area contributed by atoms with E-state index in [0.717, 1.165) is 29.9 Å². The molecule has 1 aromatic carbocycles. The van der Waals surface area contributed by atoms with Crippen molar-refractivity contribution in [2.45, 2.75) is 64.7 Å². The lowest BCUT2D eigenvalue weighted by Crippen LogP contribution is -2.45. The number of para-hydroxylation sites is 1. The van der Waals surface area contributed by atoms with Gasteiger partial charge in [-0.1, -0.05) is 43.8 Å². The molecule has 30 heavy (non-hydrogen) atoms. The topological polar surface area (TPSA) is 64.2 Å². The van der Waals surface area contributed by atoms with Crippen molar-refractivity contribution < 1.29 is 9.21 Å². The molecule has 0 saturated heterocycles. The number of thioether (sulfide) groups is 1. The van der Waals surface area contributed by atoms with Crippen LogP contribution in [-0.4, -0.2) is 43.4 Å². The maximum Gasteiger partial charge on any atom is 0.233 e. The molecule has 0 spiro atoms. The van der Waals surface area contributed by atoms with Crippen molar-refractivity contribution in [2.75, 3.05) is 5.75 Å². The van der Waals surface area contributed by atoms with Gasteiger partial charge in [0.2, 0.25) is 5.91 Å². The van der Waals surface area contributed by atoms with E-state index in [9.17, 15) is 4.79 Å². The second kappa shape index (κ2) is 9.98. The fourth-order valence-corrected chi connectivity index (χ4v) is 4.31. The van der Waals surface area contributed by atoms with E-state index < -0.39 is 0 Å². The van der Waals surface area contributed by atoms with Crippen molar-refractivity contribution >= 4 is 17.7 Å². The second-order valence-corrected chi connectivity index (χ2v) is 8.41. The number of hydrogen-bond donors (Lipinski definition) is 0. The molecule has 3 aromatic rings. The molecule has 6 nitrogen and oxygen atoms in total. The molecule has 0 aliphatic rings. The molecular weight excluding hydrogens is 396 g/mol. The Labute approximate surface area is 182 Å². The zero-order valence-corrected chi connectivity index (χ0v) is 19.1. The Balaban J connectivity index is 1.90. The third-order valence-corrected chi connectivity index (χ3v) is 6.41. The summed E-state index contributed by atoms with van der Waals surface area (Å²) in [6, 6.07) is 12.3. The number of nitrogens with zero attached hydrogens (tertiary/aromatic N) is 4. The van der Waals surface area contributed by atoms with Gasteiger partial charge in [-0.3, -0.25) is 9.36 Å². The van der Waals surface area contributed by atoms with E-state index >= 15 is 0 Å². The first-order valence-electron chi connectivity index (χ1n) is 10.5. The lowest BCUT2D eigenvalue weighted by molar-refractivity contribution is -0.132. The van der Waals surface area contributed by atoms with Gasteiger partial charge in [-0.2, -0.15) is 0 Å². The Morgan fingerprint density at radius 1 is 1.10 bits per heavy atom. The summed E-state index contributed by atoms with van der Waals surface area (Å²) in [5.74, 6) is 1.95. The van der Waals surface area contributed by atoms with Gasteiger partial charge in [0.1, 0.15) is 5.76 Å². The van der Waals surface area contributed by atoms with Gasteiger partial charge in [0.05, 0.1) is 17.6 Å². The Bertz CT molecular complexity index is 957. The number of hydrogen-bond acceptors (Lipinski definition) is 5. The van der Waals surface area contributed by atoms with Crippen molar-refractivity contribution in [3.05, 3.63) is 48.4 Å². The van der Waals surface area contributed by atoms with Crippen LogP contribution in [0.1, 0.15) is 46.3 Å². The molecule has 0 radical (unpaired) electrons. The first-order valence-corrected chi connectivity index (χ1v) is 11.5. The van der Waals surface area contributed by atoms with Crippen LogP contribution in [0, 0.1) is 6.92 Å². The third kappa shape index (κ3) is 4.61. The Kier molecular flexibility index (Phi) is 7.37. The molecule has 2 heterocycles. The number of aryl methyl sites for hydroxylation is 1. The molecule has 0 unspecified atom stereocenters. The minimum Gasteiger partial charge on any atom is -0.469 e. The van der Waals surface area contributed by atoms with Gasteiger partial charge in [-0.15, -0.1) is 10.2 Å². The van der Waals surface area contributed by atoms with Gasteiger partial charge >= 0.3 is 0 Å². The second-order valence-electron chi connectivity index (χ2n) is 7.47. The number of benzene rings is 1. The van der Waals surface area contributed by atoms with E-state index in [1.54, 1.807) is 6.26 Å². The summed E-state index contributed by atoms with van der Waals surface area (Å²) in [7, 11) is 0. The molecule has 0 N–H and O–H groups in total. The maximum atomic E-state index is 13.1. The first-order chi connectivity index (χ1) is 14.5. The van der Waals surface area contributed by atoms with E-state index in [-0.39, 0.29) is 18.0 Å². The van der Waals surface area contributed by atoms with Crippen LogP contribution in [0.25, 0.3) is 17.1 Å². The first kappa shape index (κ1) is 22.2. The van der Waals surface area contributed by atoms with Crippen LogP contribution in [0.5, 0.6) is 0 Å². The normalized spacial score (nSPS) is 13.2. The number of carbonyl (C=O) groups excluding carboxylic acids is 1. The van der Waals surface area contributed by atoms with E-state index in [1.807, 2.05) is 52.8 Å². The Morgan fingerprint density at radius 2 is 1.77 bits per heavy atom. The van der Waals surface area contributed by atoms with Crippen molar-refractivity contribution in [1.29, 1.82) is 0 Å². The summed E-state index contributed by atoms with van der Waals surface area (Å²) in [4.78, 5) is 15.1. The highest BCUT2D eigenvalue weighted by molar-refractivity contribution is 7.99. The summed E-state index contributed by atoms with van der Waals surface area (Å²) in [6.07, 6.45) is 3.52. The van der Waals surface area contributed by atoms with Gasteiger partial charge in [0.15, 0.2) is 11.0 Å². The van der Waals surface area contributed by atoms with Gasteiger partial charge in [0.25, 0.3) is 0 Å². The Hall–Kier alpha value is -2.54. The average molecular weight is 427 g/mol. The van der Waals surface area contributed by atoms with E-state index in [1.165, 1.54) is 11.8 Å². The van der Waals surface area contributed by atoms with Gasteiger partial charge in [-0.05, 0) is 51.8 Å². The van der Waals surface area contributed by atoms with Crippen LogP contribution in [0.2, 0.25) is 0 Å². The molecule has 7 heteroatoms. The minimum atomic E-state index is 0.132. The highest BCUT2D eigenvalue weighted by Crippen LogP contribution is 2.30. The fraction of sp³-hybridized carbons (Fsp3) is 0.435. The van der Waals surface area contributed by atoms with Crippen molar-refractivity contribution in [1.82, 2.24) is 19.7 Å². The van der Waals surface area contributed by atoms with Crippen molar-refractivity contribution in [3.8, 4) is 17.1 Å². The molecule has 2 atom stereocenters. The molecule has 0 fully saturated rings. The van der Waals surface area contributed by atoms with Crippen LogP contribution < -0.4 is 0 Å². The Morgan fingerprint density at radius 3 is 2.33 bits per heavy atom. The zero-order valence-electron chi connectivity index (χ0n) is 18.3. The predicted octanol–water partition coefficient (Wildman–Crippen LogP) is 5.35. The predicted molar refractivity (Wildman–Crippen MR) is 121 cm³/mol. The van der Waals surface area contributed by atoms with Crippen LogP contribution >= 0.6 is 11.8 Å². The molecular formula is C23H30N4O2S. The SMILES string of the molecule is CC[C@H](C)N(C(=O)CSc1nnc(-c2ccoc2C)n1-c1ccccc1)[C@@H](C)CC. The number of carbonyl (C=O) groups is 1. The number of furan rings is 1. The van der Waals surface area contributed by atoms with Gasteiger partial charge in [0, 0.05) is 17.8 Å². The fourth-order valence-electron chi connectivity index (χ4n) is 3.48. The van der Waals surface area contributed by atoms with E-state index in [2.05, 4.69) is 37.9 Å². The molecule has 160 valence electrons. The summed E-state index contributed by atoms with van der Waals surface area (Å²) in [5.41, 5.74) is 1.85. The maximum absolute atomic E-state index is 13.1. The molecule has 1 amide bonds. The average Bonchev–Trinajstić information content (AvgIpc) is 3.38. The van der Waals surface area contributed by atoms with Crippen molar-refractivity contribution in [3.63, 3.8) is 0 Å². The monoisotopic (exact) mass is 426 g/mol. The largest absolute Gasteiger partial charge is 0.469 e. The molecule has 0 aliphatic carbocycles. The summed E-state index contributed by atoms with van der Waals surface area (Å²) < 4.78 is 7.47. The lowest BCUT2D eigenvalue weighted by atomic mass is 10.1. The number of aromatic nitrogens is 3. The van der Waals surface area contributed by atoms with E-state index in [0.29, 0.717) is 16.7 Å².